The molecule has 1 aliphatic rings. The van der Waals surface area contributed by atoms with Crippen molar-refractivity contribution in [3.63, 3.8) is 0 Å². The summed E-state index contributed by atoms with van der Waals surface area (Å²) in [6.07, 6.45) is 6.72. The summed E-state index contributed by atoms with van der Waals surface area (Å²) < 4.78 is 5.10. The molecule has 1 N–H and O–H groups in total. The molecule has 0 aromatic carbocycles. The van der Waals surface area contributed by atoms with Gasteiger partial charge in [0.2, 0.25) is 11.8 Å². The van der Waals surface area contributed by atoms with Crippen LogP contribution in [0.25, 0.3) is 0 Å². The second kappa shape index (κ2) is 6.74. The number of aromatic nitrogens is 4. The van der Waals surface area contributed by atoms with Gasteiger partial charge in [-0.15, -0.1) is 0 Å². The van der Waals surface area contributed by atoms with Crippen LogP contribution in [-0.2, 0) is 0 Å². The monoisotopic (exact) mass is 320 g/mol. The molecule has 2 aromatic heterocycles. The number of anilines is 2. The minimum absolute atomic E-state index is 0.364. The third-order valence-corrected chi connectivity index (χ3v) is 3.78. The van der Waals surface area contributed by atoms with Crippen LogP contribution in [0.15, 0.2) is 24.8 Å². The molecule has 7 nitrogen and oxygen atoms in total. The van der Waals surface area contributed by atoms with E-state index in [0.29, 0.717) is 16.9 Å². The molecule has 1 saturated heterocycles. The topological polar surface area (TPSA) is 76.1 Å². The summed E-state index contributed by atoms with van der Waals surface area (Å²) >= 11 is 5.81. The van der Waals surface area contributed by atoms with Gasteiger partial charge in [-0.3, -0.25) is 0 Å². The number of hydrogen-bond acceptors (Lipinski definition) is 7. The lowest BCUT2D eigenvalue weighted by Crippen LogP contribution is -2.40. The van der Waals surface area contributed by atoms with Gasteiger partial charge in [-0.25, -0.2) is 19.9 Å². The molecule has 8 heteroatoms. The van der Waals surface area contributed by atoms with Gasteiger partial charge in [0, 0.05) is 25.2 Å². The van der Waals surface area contributed by atoms with Crippen molar-refractivity contribution in [3.05, 3.63) is 29.8 Å². The Morgan fingerprint density at radius 1 is 1.18 bits per heavy atom. The highest BCUT2D eigenvalue weighted by Gasteiger charge is 2.21. The molecular formula is C14H17ClN6O. The van der Waals surface area contributed by atoms with E-state index in [9.17, 15) is 0 Å². The van der Waals surface area contributed by atoms with E-state index in [4.69, 9.17) is 16.3 Å². The van der Waals surface area contributed by atoms with Crippen LogP contribution in [0.1, 0.15) is 12.8 Å². The molecule has 1 fully saturated rings. The van der Waals surface area contributed by atoms with E-state index in [1.54, 1.807) is 25.6 Å². The maximum atomic E-state index is 5.81. The molecule has 22 heavy (non-hydrogen) atoms. The Hall–Kier alpha value is -2.15. The Morgan fingerprint density at radius 3 is 2.59 bits per heavy atom. The summed E-state index contributed by atoms with van der Waals surface area (Å²) in [4.78, 5) is 18.9. The lowest BCUT2D eigenvalue weighted by atomic mass is 10.1. The fourth-order valence-corrected chi connectivity index (χ4v) is 2.53. The van der Waals surface area contributed by atoms with Gasteiger partial charge in [0.15, 0.2) is 0 Å². The number of nitrogens with zero attached hydrogens (tertiary/aromatic N) is 5. The summed E-state index contributed by atoms with van der Waals surface area (Å²) in [6, 6.07) is 2.16. The van der Waals surface area contributed by atoms with Crippen molar-refractivity contribution in [3.8, 4) is 5.88 Å². The first-order valence-electron chi connectivity index (χ1n) is 7.09. The van der Waals surface area contributed by atoms with Crippen LogP contribution in [-0.4, -0.2) is 46.2 Å². The average Bonchev–Trinajstić information content (AvgIpc) is 2.57. The molecule has 0 spiro atoms. The van der Waals surface area contributed by atoms with E-state index in [2.05, 4.69) is 30.2 Å². The van der Waals surface area contributed by atoms with Gasteiger partial charge < -0.3 is 15.0 Å². The number of nitrogens with one attached hydrogen (secondary N) is 1. The lowest BCUT2D eigenvalue weighted by molar-refractivity contribution is 0.397. The minimum atomic E-state index is 0.364. The Kier molecular flexibility index (Phi) is 4.53. The zero-order chi connectivity index (χ0) is 15.4. The first-order chi connectivity index (χ1) is 10.7. The fraction of sp³-hybridized carbons (Fsp3) is 0.429. The summed E-state index contributed by atoms with van der Waals surface area (Å²) in [5.74, 6) is 2.07. The fourth-order valence-electron chi connectivity index (χ4n) is 2.43. The smallest absolute Gasteiger partial charge is 0.225 e. The van der Waals surface area contributed by atoms with Crippen LogP contribution in [0.3, 0.4) is 0 Å². The van der Waals surface area contributed by atoms with Crippen molar-refractivity contribution in [1.82, 2.24) is 19.9 Å². The predicted molar refractivity (Wildman–Crippen MR) is 84.5 cm³/mol. The first kappa shape index (κ1) is 14.8. The van der Waals surface area contributed by atoms with Crippen LogP contribution in [0.5, 0.6) is 5.88 Å². The third kappa shape index (κ3) is 3.54. The van der Waals surface area contributed by atoms with Gasteiger partial charge in [0.05, 0.1) is 24.5 Å². The van der Waals surface area contributed by atoms with Crippen LogP contribution in [0, 0.1) is 0 Å². The van der Waals surface area contributed by atoms with Gasteiger partial charge in [0.25, 0.3) is 0 Å². The standard InChI is InChI=1S/C14H17ClN6O/c1-22-13-6-12(18-9-19-13)20-11-2-4-21(5-3-11)14-16-7-10(15)8-17-14/h6-9,11H,2-5H2,1H3,(H,18,19,20). The zero-order valence-corrected chi connectivity index (χ0v) is 13.0. The molecule has 3 heterocycles. The van der Waals surface area contributed by atoms with Gasteiger partial charge in [-0.05, 0) is 12.8 Å². The highest BCUT2D eigenvalue weighted by Crippen LogP contribution is 2.20. The minimum Gasteiger partial charge on any atom is -0.481 e. The summed E-state index contributed by atoms with van der Waals surface area (Å²) in [5, 5.41) is 3.97. The van der Waals surface area contributed by atoms with Crippen molar-refractivity contribution in [2.45, 2.75) is 18.9 Å². The van der Waals surface area contributed by atoms with Gasteiger partial charge in [-0.1, -0.05) is 11.6 Å². The number of halogens is 1. The molecule has 0 saturated carbocycles. The van der Waals surface area contributed by atoms with E-state index in [1.165, 1.54) is 6.33 Å². The van der Waals surface area contributed by atoms with E-state index in [0.717, 1.165) is 37.7 Å². The second-order valence-corrected chi connectivity index (χ2v) is 5.49. The largest absolute Gasteiger partial charge is 0.481 e. The molecule has 0 radical (unpaired) electrons. The highest BCUT2D eigenvalue weighted by molar-refractivity contribution is 6.30. The van der Waals surface area contributed by atoms with Gasteiger partial charge >= 0.3 is 0 Å². The van der Waals surface area contributed by atoms with Crippen LogP contribution in [0.2, 0.25) is 5.02 Å². The molecule has 116 valence electrons. The SMILES string of the molecule is COc1cc(NC2CCN(c3ncc(Cl)cn3)CC2)ncn1. The molecule has 1 aliphatic heterocycles. The Bertz CT molecular complexity index is 615. The van der Waals surface area contributed by atoms with E-state index >= 15 is 0 Å². The molecule has 0 bridgehead atoms. The molecule has 0 atom stereocenters. The predicted octanol–water partition coefficient (Wildman–Crippen LogP) is 2.01. The number of piperidine rings is 1. The van der Waals surface area contributed by atoms with Gasteiger partial charge in [0.1, 0.15) is 12.1 Å². The zero-order valence-electron chi connectivity index (χ0n) is 12.2. The van der Waals surface area contributed by atoms with Crippen LogP contribution < -0.4 is 15.0 Å². The quantitative estimate of drug-likeness (QED) is 0.923. The summed E-state index contributed by atoms with van der Waals surface area (Å²) in [7, 11) is 1.59. The number of ether oxygens (including phenoxy) is 1. The summed E-state index contributed by atoms with van der Waals surface area (Å²) in [5.41, 5.74) is 0. The van der Waals surface area contributed by atoms with Crippen molar-refractivity contribution in [2.24, 2.45) is 0 Å². The number of hydrogen-bond donors (Lipinski definition) is 1. The summed E-state index contributed by atoms with van der Waals surface area (Å²) in [6.45, 7) is 1.78. The molecule has 2 aromatic rings. The number of rotatable bonds is 4. The molecule has 0 unspecified atom stereocenters. The molecule has 3 rings (SSSR count). The Morgan fingerprint density at radius 2 is 1.91 bits per heavy atom. The van der Waals surface area contributed by atoms with Crippen LogP contribution in [0.4, 0.5) is 11.8 Å². The third-order valence-electron chi connectivity index (χ3n) is 3.59. The number of methoxy groups -OCH3 is 1. The van der Waals surface area contributed by atoms with Crippen molar-refractivity contribution in [1.29, 1.82) is 0 Å². The molecule has 0 aliphatic carbocycles. The Labute approximate surface area is 133 Å². The molecular weight excluding hydrogens is 304 g/mol. The van der Waals surface area contributed by atoms with Crippen molar-refractivity contribution < 1.29 is 4.74 Å². The first-order valence-corrected chi connectivity index (χ1v) is 7.47. The maximum Gasteiger partial charge on any atom is 0.225 e. The lowest BCUT2D eigenvalue weighted by Gasteiger charge is -2.32. The van der Waals surface area contributed by atoms with Crippen molar-refractivity contribution in [2.75, 3.05) is 30.4 Å². The van der Waals surface area contributed by atoms with Crippen molar-refractivity contribution >= 4 is 23.4 Å². The van der Waals surface area contributed by atoms with E-state index in [-0.39, 0.29) is 0 Å². The van der Waals surface area contributed by atoms with E-state index < -0.39 is 0 Å². The normalized spacial score (nSPS) is 15.6. The van der Waals surface area contributed by atoms with E-state index in [1.807, 2.05) is 0 Å². The maximum absolute atomic E-state index is 5.81. The highest BCUT2D eigenvalue weighted by atomic mass is 35.5. The Balaban J connectivity index is 1.56. The van der Waals surface area contributed by atoms with Gasteiger partial charge in [-0.2, -0.15) is 0 Å². The van der Waals surface area contributed by atoms with Crippen LogP contribution >= 0.6 is 11.6 Å². The average molecular weight is 321 g/mol. The second-order valence-electron chi connectivity index (χ2n) is 5.05. The molecule has 0 amide bonds.